The number of aromatic nitrogens is 1. The number of ether oxygens (including phenoxy) is 1. The fraction of sp³-hybridized carbons (Fsp3) is 0.0625. The van der Waals surface area contributed by atoms with Crippen LogP contribution < -0.4 is 26.4 Å². The Labute approximate surface area is 129 Å². The van der Waals surface area contributed by atoms with Gasteiger partial charge in [0.25, 0.3) is 5.91 Å². The van der Waals surface area contributed by atoms with E-state index < -0.39 is 16.8 Å². The van der Waals surface area contributed by atoms with Crippen LogP contribution in [-0.2, 0) is 0 Å². The summed E-state index contributed by atoms with van der Waals surface area (Å²) >= 11 is 0. The van der Waals surface area contributed by atoms with E-state index in [1.54, 1.807) is 6.07 Å². The first-order valence-corrected chi connectivity index (χ1v) is 6.67. The van der Waals surface area contributed by atoms with Gasteiger partial charge in [0.1, 0.15) is 5.75 Å². The third kappa shape index (κ3) is 2.59. The van der Waals surface area contributed by atoms with Gasteiger partial charge in [-0.3, -0.25) is 19.4 Å². The second kappa shape index (κ2) is 5.80. The molecular weight excluding hydrogens is 298 g/mol. The van der Waals surface area contributed by atoms with Crippen LogP contribution >= 0.6 is 0 Å². The number of nitrogens with zero attached hydrogens (tertiary/aromatic N) is 2. The van der Waals surface area contributed by atoms with Crippen LogP contribution in [0, 0.1) is 0 Å². The number of rotatable bonds is 3. The highest BCUT2D eigenvalue weighted by molar-refractivity contribution is 5.93. The maximum atomic E-state index is 12.3. The van der Waals surface area contributed by atoms with Crippen LogP contribution in [0.2, 0.25) is 0 Å². The Kier molecular flexibility index (Phi) is 3.68. The lowest BCUT2D eigenvalue weighted by Gasteiger charge is -1.96. The summed E-state index contributed by atoms with van der Waals surface area (Å²) in [5.41, 5.74) is 1.47. The van der Waals surface area contributed by atoms with E-state index in [1.165, 1.54) is 43.8 Å². The van der Waals surface area contributed by atoms with Crippen molar-refractivity contribution >= 4 is 16.7 Å². The number of carbonyl (C=O) groups excluding carboxylic acids is 1. The topological polar surface area (TPSA) is 97.7 Å². The van der Waals surface area contributed by atoms with E-state index in [0.29, 0.717) is 11.3 Å². The van der Waals surface area contributed by atoms with Crippen molar-refractivity contribution in [2.75, 3.05) is 7.11 Å². The molecule has 0 radical (unpaired) electrons. The molecule has 1 N–H and O–H groups in total. The maximum Gasteiger partial charge on any atom is 0.271 e. The van der Waals surface area contributed by atoms with Crippen LogP contribution in [0.3, 0.4) is 0 Å². The minimum Gasteiger partial charge on any atom is -0.497 e. The molecule has 0 unspecified atom stereocenters. The molecule has 0 fully saturated rings. The van der Waals surface area contributed by atoms with Crippen molar-refractivity contribution in [3.63, 3.8) is 0 Å². The van der Waals surface area contributed by atoms with E-state index in [4.69, 9.17) is 4.74 Å². The molecule has 3 rings (SSSR count). The predicted molar refractivity (Wildman–Crippen MR) is 82.7 cm³/mol. The third-order valence-corrected chi connectivity index (χ3v) is 3.36. The second-order valence-electron chi connectivity index (χ2n) is 4.71. The number of amides is 1. The second-order valence-corrected chi connectivity index (χ2v) is 4.71. The van der Waals surface area contributed by atoms with E-state index in [2.05, 4.69) is 15.5 Å². The number of pyridine rings is 1. The van der Waals surface area contributed by atoms with E-state index in [1.807, 2.05) is 0 Å². The first-order valence-electron chi connectivity index (χ1n) is 6.67. The number of hydrogen-bond donors (Lipinski definition) is 1. The number of methoxy groups -OCH3 is 1. The summed E-state index contributed by atoms with van der Waals surface area (Å²) in [7, 11) is 1.47. The monoisotopic (exact) mass is 309 g/mol. The minimum absolute atomic E-state index is 0.214. The molecular formula is C16H11N3O4. The van der Waals surface area contributed by atoms with Crippen LogP contribution in [0.5, 0.6) is 5.75 Å². The lowest BCUT2D eigenvalue weighted by Crippen LogP contribution is -2.35. The van der Waals surface area contributed by atoms with E-state index >= 15 is 0 Å². The standard InChI is InChI=1S/C16H11N3O4/c1-23-10-2-3-11-12(8-10)15(21)13(14(11)20)18-19-16(22)9-4-6-17-7-5-9/h2-8H,1H3,(H,19,22)/b18-13-. The van der Waals surface area contributed by atoms with Gasteiger partial charge in [0.05, 0.1) is 7.11 Å². The lowest BCUT2D eigenvalue weighted by atomic mass is 10.2. The Balaban J connectivity index is 2.05. The summed E-state index contributed by atoms with van der Waals surface area (Å²) in [4.78, 5) is 40.2. The number of fused-ring (bicyclic) bond motifs is 1. The summed E-state index contributed by atoms with van der Waals surface area (Å²) in [6, 6.07) is 7.55. The molecule has 0 saturated carbocycles. The fourth-order valence-corrected chi connectivity index (χ4v) is 2.17. The third-order valence-electron chi connectivity index (χ3n) is 3.36. The molecule has 1 aromatic heterocycles. The summed E-state index contributed by atoms with van der Waals surface area (Å²) in [6.45, 7) is 0. The van der Waals surface area contributed by atoms with Crippen molar-refractivity contribution in [1.29, 1.82) is 0 Å². The van der Waals surface area contributed by atoms with Crippen molar-refractivity contribution in [2.24, 2.45) is 5.10 Å². The van der Waals surface area contributed by atoms with Crippen LogP contribution in [0.1, 0.15) is 10.4 Å². The Hall–Kier alpha value is -3.35. The zero-order valence-corrected chi connectivity index (χ0v) is 12.1. The normalized spacial score (nSPS) is 11.6. The Morgan fingerprint density at radius 1 is 1.09 bits per heavy atom. The lowest BCUT2D eigenvalue weighted by molar-refractivity contribution is 0.0953. The molecule has 0 bridgehead atoms. The molecule has 0 aliphatic heterocycles. The Bertz CT molecular complexity index is 1030. The molecule has 0 aliphatic rings. The maximum absolute atomic E-state index is 12.3. The van der Waals surface area contributed by atoms with Crippen molar-refractivity contribution in [1.82, 2.24) is 10.4 Å². The van der Waals surface area contributed by atoms with E-state index in [-0.39, 0.29) is 16.1 Å². The predicted octanol–water partition coefficient (Wildman–Crippen LogP) is 0.0851. The average Bonchev–Trinajstić information content (AvgIpc) is 2.84. The van der Waals surface area contributed by atoms with Gasteiger partial charge in [0, 0.05) is 28.7 Å². The molecule has 0 spiro atoms. The van der Waals surface area contributed by atoms with Gasteiger partial charge >= 0.3 is 0 Å². The van der Waals surface area contributed by atoms with E-state index in [0.717, 1.165) is 0 Å². The van der Waals surface area contributed by atoms with Crippen LogP contribution in [0.15, 0.2) is 57.4 Å². The van der Waals surface area contributed by atoms with Gasteiger partial charge < -0.3 is 4.74 Å². The minimum atomic E-state index is -0.543. The zero-order valence-electron chi connectivity index (χ0n) is 12.1. The zero-order chi connectivity index (χ0) is 16.4. The Morgan fingerprint density at radius 3 is 2.48 bits per heavy atom. The summed E-state index contributed by atoms with van der Waals surface area (Å²) < 4.78 is 5.04. The van der Waals surface area contributed by atoms with Gasteiger partial charge in [-0.15, -0.1) is 0 Å². The quantitative estimate of drug-likeness (QED) is 0.691. The van der Waals surface area contributed by atoms with Gasteiger partial charge in [-0.1, -0.05) is 0 Å². The van der Waals surface area contributed by atoms with Gasteiger partial charge in [-0.05, 0) is 30.3 Å². The van der Waals surface area contributed by atoms with Gasteiger partial charge in [0.2, 0.25) is 10.9 Å². The number of nitrogens with one attached hydrogen (secondary N) is 1. The van der Waals surface area contributed by atoms with Gasteiger partial charge in [-0.25, -0.2) is 5.43 Å². The van der Waals surface area contributed by atoms with Crippen LogP contribution in [0.4, 0.5) is 0 Å². The molecule has 1 heterocycles. The molecule has 7 heteroatoms. The van der Waals surface area contributed by atoms with Gasteiger partial charge in [0.15, 0.2) is 5.36 Å². The molecule has 0 atom stereocenters. The highest BCUT2D eigenvalue weighted by atomic mass is 16.5. The van der Waals surface area contributed by atoms with Crippen molar-refractivity contribution in [2.45, 2.75) is 0 Å². The van der Waals surface area contributed by atoms with Crippen molar-refractivity contribution in [3.05, 3.63) is 74.1 Å². The molecule has 0 aliphatic carbocycles. The molecule has 2 aromatic carbocycles. The molecule has 114 valence electrons. The van der Waals surface area contributed by atoms with Crippen LogP contribution in [-0.4, -0.2) is 18.0 Å². The van der Waals surface area contributed by atoms with Crippen LogP contribution in [0.25, 0.3) is 10.8 Å². The summed E-state index contributed by atoms with van der Waals surface area (Å²) in [6.07, 6.45) is 2.91. The molecule has 3 aromatic rings. The molecule has 1 amide bonds. The summed E-state index contributed by atoms with van der Waals surface area (Å²) in [5.74, 6) is -0.0685. The molecule has 23 heavy (non-hydrogen) atoms. The number of hydrogen-bond acceptors (Lipinski definition) is 6. The van der Waals surface area contributed by atoms with E-state index in [9.17, 15) is 14.4 Å². The largest absolute Gasteiger partial charge is 0.497 e. The number of benzene rings is 1. The highest BCUT2D eigenvalue weighted by Crippen LogP contribution is 2.14. The SMILES string of the molecule is COc1ccc2c(=O)/c(=N/NC(=O)c3ccncc3)c(=O)c2c1. The first kappa shape index (κ1) is 14.6. The van der Waals surface area contributed by atoms with Crippen molar-refractivity contribution in [3.8, 4) is 5.75 Å². The number of carbonyl (C=O) groups is 1. The molecule has 0 saturated heterocycles. The first-order chi connectivity index (χ1) is 11.1. The highest BCUT2D eigenvalue weighted by Gasteiger charge is 2.12. The van der Waals surface area contributed by atoms with Gasteiger partial charge in [-0.2, -0.15) is 5.10 Å². The Morgan fingerprint density at radius 2 is 1.78 bits per heavy atom. The smallest absolute Gasteiger partial charge is 0.271 e. The molecule has 7 nitrogen and oxygen atoms in total. The van der Waals surface area contributed by atoms with Crippen molar-refractivity contribution < 1.29 is 9.53 Å². The summed E-state index contributed by atoms with van der Waals surface area (Å²) in [5, 5.41) is 3.82. The average molecular weight is 309 g/mol. The fourth-order valence-electron chi connectivity index (χ4n) is 2.17.